The standard InChI is InChI=1S/C21H26N2O4S/c1-3-27-18-11-9-17(10-12-18)22-21(24)20-6-4-5-15-23(20)28(25,26)19-13-7-16(2)8-14-19/h7-14,20H,3-6,15H2,1-2H3,(H,22,24)/t20-/m0/s1. The van der Waals surface area contributed by atoms with E-state index in [4.69, 9.17) is 4.74 Å². The number of ether oxygens (including phenoxy) is 1. The predicted octanol–water partition coefficient (Wildman–Crippen LogP) is 3.58. The first-order chi connectivity index (χ1) is 13.4. The fourth-order valence-electron chi connectivity index (χ4n) is 3.33. The highest BCUT2D eigenvalue weighted by atomic mass is 32.2. The van der Waals surface area contributed by atoms with Crippen molar-refractivity contribution in [3.8, 4) is 5.75 Å². The number of nitrogens with one attached hydrogen (secondary N) is 1. The quantitative estimate of drug-likeness (QED) is 0.801. The molecule has 28 heavy (non-hydrogen) atoms. The Kier molecular flexibility index (Phi) is 6.36. The van der Waals surface area contributed by atoms with Crippen molar-refractivity contribution in [1.82, 2.24) is 4.31 Å². The maximum atomic E-state index is 13.1. The van der Waals surface area contributed by atoms with Crippen LogP contribution in [0.25, 0.3) is 0 Å². The fourth-order valence-corrected chi connectivity index (χ4v) is 4.98. The molecule has 7 heteroatoms. The van der Waals surface area contributed by atoms with Crippen LogP contribution in [0, 0.1) is 6.92 Å². The zero-order valence-corrected chi connectivity index (χ0v) is 17.0. The van der Waals surface area contributed by atoms with Crippen molar-refractivity contribution >= 4 is 21.6 Å². The Morgan fingerprint density at radius 1 is 1.11 bits per heavy atom. The van der Waals surface area contributed by atoms with Crippen LogP contribution < -0.4 is 10.1 Å². The van der Waals surface area contributed by atoms with E-state index in [-0.39, 0.29) is 10.8 Å². The molecule has 150 valence electrons. The molecule has 0 saturated carbocycles. The first kappa shape index (κ1) is 20.4. The smallest absolute Gasteiger partial charge is 0.243 e. The van der Waals surface area contributed by atoms with Gasteiger partial charge in [0.2, 0.25) is 15.9 Å². The van der Waals surface area contributed by atoms with Gasteiger partial charge >= 0.3 is 0 Å². The van der Waals surface area contributed by atoms with Crippen molar-refractivity contribution < 1.29 is 17.9 Å². The summed E-state index contributed by atoms with van der Waals surface area (Å²) in [5.74, 6) is 0.418. The number of carbonyl (C=O) groups is 1. The number of benzene rings is 2. The van der Waals surface area contributed by atoms with Gasteiger partial charge in [-0.15, -0.1) is 0 Å². The summed E-state index contributed by atoms with van der Waals surface area (Å²) in [7, 11) is -3.73. The van der Waals surface area contributed by atoms with Crippen LogP contribution in [0.1, 0.15) is 31.7 Å². The third-order valence-corrected chi connectivity index (χ3v) is 6.74. The zero-order chi connectivity index (χ0) is 20.1. The van der Waals surface area contributed by atoms with Gasteiger partial charge in [0.05, 0.1) is 11.5 Å². The number of piperidine rings is 1. The number of sulfonamides is 1. The molecule has 0 spiro atoms. The predicted molar refractivity (Wildman–Crippen MR) is 109 cm³/mol. The molecule has 1 atom stereocenters. The van der Waals surface area contributed by atoms with Gasteiger partial charge in [0.15, 0.2) is 0 Å². The second kappa shape index (κ2) is 8.75. The summed E-state index contributed by atoms with van der Waals surface area (Å²) >= 11 is 0. The molecule has 1 saturated heterocycles. The lowest BCUT2D eigenvalue weighted by atomic mass is 10.0. The molecule has 6 nitrogen and oxygen atoms in total. The van der Waals surface area contributed by atoms with Gasteiger partial charge in [0.1, 0.15) is 11.8 Å². The number of rotatable bonds is 6. The molecule has 1 amide bonds. The zero-order valence-electron chi connectivity index (χ0n) is 16.2. The molecule has 0 unspecified atom stereocenters. The first-order valence-corrected chi connectivity index (χ1v) is 11.0. The Labute approximate surface area is 166 Å². The van der Waals surface area contributed by atoms with Gasteiger partial charge in [0.25, 0.3) is 0 Å². The molecule has 1 fully saturated rings. The maximum absolute atomic E-state index is 13.1. The van der Waals surface area contributed by atoms with Crippen molar-refractivity contribution in [2.75, 3.05) is 18.5 Å². The number of nitrogens with zero attached hydrogens (tertiary/aromatic N) is 1. The molecular weight excluding hydrogens is 376 g/mol. The lowest BCUT2D eigenvalue weighted by molar-refractivity contribution is -0.120. The number of hydrogen-bond donors (Lipinski definition) is 1. The van der Waals surface area contributed by atoms with Crippen LogP contribution in [0.2, 0.25) is 0 Å². The largest absolute Gasteiger partial charge is 0.494 e. The van der Waals surface area contributed by atoms with E-state index >= 15 is 0 Å². The average Bonchev–Trinajstić information content (AvgIpc) is 2.70. The van der Waals surface area contributed by atoms with Crippen molar-refractivity contribution in [1.29, 1.82) is 0 Å². The summed E-state index contributed by atoms with van der Waals surface area (Å²) in [4.78, 5) is 13.1. The van der Waals surface area contributed by atoms with Gasteiger partial charge in [-0.3, -0.25) is 4.79 Å². The molecule has 0 aromatic heterocycles. The Hall–Kier alpha value is -2.38. The van der Waals surface area contributed by atoms with Crippen LogP contribution >= 0.6 is 0 Å². The number of amides is 1. The summed E-state index contributed by atoms with van der Waals surface area (Å²) in [6, 6.07) is 13.1. The van der Waals surface area contributed by atoms with E-state index in [1.54, 1.807) is 48.5 Å². The van der Waals surface area contributed by atoms with E-state index in [1.165, 1.54) is 4.31 Å². The topological polar surface area (TPSA) is 75.7 Å². The van der Waals surface area contributed by atoms with Crippen molar-refractivity contribution in [2.24, 2.45) is 0 Å². The molecule has 0 radical (unpaired) electrons. The molecule has 2 aromatic carbocycles. The third-order valence-electron chi connectivity index (χ3n) is 4.82. The van der Waals surface area contributed by atoms with Gasteiger partial charge in [-0.2, -0.15) is 4.31 Å². The molecule has 3 rings (SSSR count). The number of anilines is 1. The lowest BCUT2D eigenvalue weighted by Crippen LogP contribution is -2.49. The molecule has 1 heterocycles. The monoisotopic (exact) mass is 402 g/mol. The highest BCUT2D eigenvalue weighted by Crippen LogP contribution is 2.27. The van der Waals surface area contributed by atoms with Crippen molar-refractivity contribution in [2.45, 2.75) is 44.0 Å². The van der Waals surface area contributed by atoms with Gasteiger partial charge in [-0.05, 0) is 63.1 Å². The Bertz CT molecular complexity index is 908. The van der Waals surface area contributed by atoms with Crippen LogP contribution in [-0.4, -0.2) is 37.8 Å². The highest BCUT2D eigenvalue weighted by molar-refractivity contribution is 7.89. The average molecular weight is 403 g/mol. The second-order valence-corrected chi connectivity index (χ2v) is 8.78. The normalized spacial score (nSPS) is 17.9. The molecule has 1 N–H and O–H groups in total. The van der Waals surface area contributed by atoms with E-state index in [1.807, 2.05) is 13.8 Å². The number of aryl methyl sites for hydroxylation is 1. The van der Waals surface area contributed by atoms with Crippen molar-refractivity contribution in [3.63, 3.8) is 0 Å². The Morgan fingerprint density at radius 2 is 1.79 bits per heavy atom. The molecule has 1 aliphatic heterocycles. The Morgan fingerprint density at radius 3 is 2.43 bits per heavy atom. The number of hydrogen-bond acceptors (Lipinski definition) is 4. The SMILES string of the molecule is CCOc1ccc(NC(=O)[C@@H]2CCCCN2S(=O)(=O)c2ccc(C)cc2)cc1. The molecule has 2 aromatic rings. The van der Waals surface area contributed by atoms with E-state index < -0.39 is 16.1 Å². The first-order valence-electron chi connectivity index (χ1n) is 9.54. The minimum Gasteiger partial charge on any atom is -0.494 e. The number of carbonyl (C=O) groups excluding carboxylic acids is 1. The van der Waals surface area contributed by atoms with Crippen LogP contribution in [-0.2, 0) is 14.8 Å². The molecular formula is C21H26N2O4S. The summed E-state index contributed by atoms with van der Waals surface area (Å²) < 4.78 is 33.0. The van der Waals surface area contributed by atoms with E-state index in [2.05, 4.69) is 5.32 Å². The summed E-state index contributed by atoms with van der Waals surface area (Å²) in [5, 5.41) is 2.84. The van der Waals surface area contributed by atoms with Crippen LogP contribution in [0.4, 0.5) is 5.69 Å². The molecule has 1 aliphatic rings. The van der Waals surface area contributed by atoms with E-state index in [0.29, 0.717) is 25.3 Å². The van der Waals surface area contributed by atoms with E-state index in [0.717, 1.165) is 24.2 Å². The minimum atomic E-state index is -3.73. The van der Waals surface area contributed by atoms with Gasteiger partial charge in [-0.1, -0.05) is 24.1 Å². The van der Waals surface area contributed by atoms with Crippen LogP contribution in [0.5, 0.6) is 5.75 Å². The van der Waals surface area contributed by atoms with Gasteiger partial charge in [0, 0.05) is 12.2 Å². The molecule has 0 bridgehead atoms. The fraction of sp³-hybridized carbons (Fsp3) is 0.381. The summed E-state index contributed by atoms with van der Waals surface area (Å²) in [6.45, 7) is 4.73. The summed E-state index contributed by atoms with van der Waals surface area (Å²) in [6.07, 6.45) is 2.08. The van der Waals surface area contributed by atoms with Crippen LogP contribution in [0.3, 0.4) is 0 Å². The van der Waals surface area contributed by atoms with Crippen LogP contribution in [0.15, 0.2) is 53.4 Å². The summed E-state index contributed by atoms with van der Waals surface area (Å²) in [5.41, 5.74) is 1.61. The van der Waals surface area contributed by atoms with Crippen molar-refractivity contribution in [3.05, 3.63) is 54.1 Å². The third kappa shape index (κ3) is 4.54. The maximum Gasteiger partial charge on any atom is 0.243 e. The second-order valence-electron chi connectivity index (χ2n) is 6.89. The van der Waals surface area contributed by atoms with Gasteiger partial charge < -0.3 is 10.1 Å². The minimum absolute atomic E-state index is 0.221. The Balaban J connectivity index is 1.78. The highest BCUT2D eigenvalue weighted by Gasteiger charge is 2.37. The van der Waals surface area contributed by atoms with E-state index in [9.17, 15) is 13.2 Å². The van der Waals surface area contributed by atoms with Gasteiger partial charge in [-0.25, -0.2) is 8.42 Å². The lowest BCUT2D eigenvalue weighted by Gasteiger charge is -2.33. The molecule has 0 aliphatic carbocycles.